The van der Waals surface area contributed by atoms with Gasteiger partial charge in [0.25, 0.3) is 0 Å². The molecule has 0 heterocycles. The minimum atomic E-state index is -0.0121. The molecule has 1 aromatic rings. The number of aryl methyl sites for hydroxylation is 2. The summed E-state index contributed by atoms with van der Waals surface area (Å²) in [6.07, 6.45) is 0. The molecule has 0 N–H and O–H groups in total. The third kappa shape index (κ3) is 2.49. The lowest BCUT2D eigenvalue weighted by molar-refractivity contribution is 0.225. The summed E-state index contributed by atoms with van der Waals surface area (Å²) in [5, 5.41) is 0. The zero-order valence-corrected chi connectivity index (χ0v) is 10.0. The fourth-order valence-corrected chi connectivity index (χ4v) is 1.58. The highest BCUT2D eigenvalue weighted by molar-refractivity contribution is 5.91. The highest BCUT2D eigenvalue weighted by Crippen LogP contribution is 2.20. The molecule has 0 saturated carbocycles. The smallest absolute Gasteiger partial charge is 0.323 e. The van der Waals surface area contributed by atoms with Gasteiger partial charge in [-0.1, -0.05) is 17.7 Å². The molecule has 3 heteroatoms. The lowest BCUT2D eigenvalue weighted by Crippen LogP contribution is -2.36. The van der Waals surface area contributed by atoms with Gasteiger partial charge in [-0.3, -0.25) is 4.90 Å². The Morgan fingerprint density at radius 2 is 1.73 bits per heavy atom. The van der Waals surface area contributed by atoms with Gasteiger partial charge in [-0.05, 0) is 25.5 Å². The maximum Gasteiger partial charge on any atom is 0.323 e. The Bertz CT molecular complexity index is 372. The number of nitrogens with zero attached hydrogens (tertiary/aromatic N) is 2. The number of benzene rings is 1. The highest BCUT2D eigenvalue weighted by atomic mass is 16.2. The quantitative estimate of drug-likeness (QED) is 0.692. The van der Waals surface area contributed by atoms with Crippen molar-refractivity contribution in [3.63, 3.8) is 0 Å². The standard InChI is InChI=1S/C12H18N2O/c1-9-6-7-11(10(2)8-9)14(5)12(15)13(3)4/h6-8H,1-5H3. The van der Waals surface area contributed by atoms with Gasteiger partial charge in [0.05, 0.1) is 0 Å². The van der Waals surface area contributed by atoms with Crippen molar-refractivity contribution < 1.29 is 4.79 Å². The number of rotatable bonds is 1. The van der Waals surface area contributed by atoms with Crippen LogP contribution in [0.25, 0.3) is 0 Å². The van der Waals surface area contributed by atoms with Crippen LogP contribution in [0.1, 0.15) is 11.1 Å². The first-order chi connectivity index (χ1) is 6.93. The van der Waals surface area contributed by atoms with Gasteiger partial charge < -0.3 is 4.90 Å². The molecule has 15 heavy (non-hydrogen) atoms. The third-order valence-electron chi connectivity index (χ3n) is 2.38. The van der Waals surface area contributed by atoms with E-state index >= 15 is 0 Å². The minimum absolute atomic E-state index is 0.0121. The second kappa shape index (κ2) is 4.34. The predicted molar refractivity (Wildman–Crippen MR) is 63.4 cm³/mol. The van der Waals surface area contributed by atoms with Gasteiger partial charge in [0, 0.05) is 26.8 Å². The van der Waals surface area contributed by atoms with E-state index in [2.05, 4.69) is 6.07 Å². The van der Waals surface area contributed by atoms with Crippen molar-refractivity contribution in [1.29, 1.82) is 0 Å². The predicted octanol–water partition coefficient (Wildman–Crippen LogP) is 2.42. The van der Waals surface area contributed by atoms with Crippen LogP contribution in [-0.2, 0) is 0 Å². The van der Waals surface area contributed by atoms with E-state index in [1.807, 2.05) is 26.0 Å². The first-order valence-corrected chi connectivity index (χ1v) is 4.95. The summed E-state index contributed by atoms with van der Waals surface area (Å²) in [5.41, 5.74) is 3.29. The Kier molecular flexibility index (Phi) is 3.35. The van der Waals surface area contributed by atoms with Gasteiger partial charge in [0.2, 0.25) is 0 Å². The van der Waals surface area contributed by atoms with Crippen molar-refractivity contribution in [2.45, 2.75) is 13.8 Å². The molecule has 1 aromatic carbocycles. The molecule has 3 nitrogen and oxygen atoms in total. The average Bonchev–Trinajstić information content (AvgIpc) is 2.15. The summed E-state index contributed by atoms with van der Waals surface area (Å²) < 4.78 is 0. The molecule has 2 amide bonds. The van der Waals surface area contributed by atoms with Crippen molar-refractivity contribution in [2.75, 3.05) is 26.0 Å². The number of hydrogen-bond donors (Lipinski definition) is 0. The number of amides is 2. The average molecular weight is 206 g/mol. The Hall–Kier alpha value is -1.51. The van der Waals surface area contributed by atoms with Crippen molar-refractivity contribution in [3.8, 4) is 0 Å². The Morgan fingerprint density at radius 1 is 1.13 bits per heavy atom. The number of hydrogen-bond acceptors (Lipinski definition) is 1. The van der Waals surface area contributed by atoms with Crippen molar-refractivity contribution in [3.05, 3.63) is 29.3 Å². The van der Waals surface area contributed by atoms with Crippen molar-refractivity contribution in [2.24, 2.45) is 0 Å². The van der Waals surface area contributed by atoms with Gasteiger partial charge >= 0.3 is 6.03 Å². The van der Waals surface area contributed by atoms with E-state index in [9.17, 15) is 4.79 Å². The van der Waals surface area contributed by atoms with Gasteiger partial charge in [-0.15, -0.1) is 0 Å². The minimum Gasteiger partial charge on any atom is -0.330 e. The van der Waals surface area contributed by atoms with Crippen LogP contribution in [0.5, 0.6) is 0 Å². The molecular weight excluding hydrogens is 188 g/mol. The Labute approximate surface area is 91.3 Å². The van der Waals surface area contributed by atoms with Gasteiger partial charge in [-0.25, -0.2) is 4.79 Å². The molecule has 0 spiro atoms. The number of carbonyl (C=O) groups is 1. The molecule has 0 aliphatic carbocycles. The maximum atomic E-state index is 11.7. The zero-order valence-electron chi connectivity index (χ0n) is 10.0. The second-order valence-corrected chi connectivity index (χ2v) is 4.03. The van der Waals surface area contributed by atoms with E-state index in [4.69, 9.17) is 0 Å². The van der Waals surface area contributed by atoms with Crippen LogP contribution in [0, 0.1) is 13.8 Å². The molecule has 0 fully saturated rings. The SMILES string of the molecule is Cc1ccc(N(C)C(=O)N(C)C)c(C)c1. The molecule has 0 aromatic heterocycles. The van der Waals surface area contributed by atoms with E-state index in [-0.39, 0.29) is 6.03 Å². The molecule has 0 radical (unpaired) electrons. The second-order valence-electron chi connectivity index (χ2n) is 4.03. The van der Waals surface area contributed by atoms with Gasteiger partial charge in [-0.2, -0.15) is 0 Å². The lowest BCUT2D eigenvalue weighted by atomic mass is 10.1. The molecule has 0 unspecified atom stereocenters. The van der Waals surface area contributed by atoms with E-state index in [0.29, 0.717) is 0 Å². The first-order valence-electron chi connectivity index (χ1n) is 4.95. The molecule has 0 atom stereocenters. The first kappa shape index (κ1) is 11.6. The van der Waals surface area contributed by atoms with Crippen LogP contribution in [0.2, 0.25) is 0 Å². The lowest BCUT2D eigenvalue weighted by Gasteiger charge is -2.23. The van der Waals surface area contributed by atoms with Crippen LogP contribution < -0.4 is 4.90 Å². The maximum absolute atomic E-state index is 11.7. The number of urea groups is 1. The van der Waals surface area contributed by atoms with Crippen molar-refractivity contribution >= 4 is 11.7 Å². The topological polar surface area (TPSA) is 23.6 Å². The van der Waals surface area contributed by atoms with Crippen LogP contribution in [0.4, 0.5) is 10.5 Å². The molecular formula is C12H18N2O. The van der Waals surface area contributed by atoms with E-state index in [1.54, 1.807) is 30.9 Å². The van der Waals surface area contributed by atoms with Crippen LogP contribution in [0.3, 0.4) is 0 Å². The highest BCUT2D eigenvalue weighted by Gasteiger charge is 2.14. The molecule has 0 saturated heterocycles. The van der Waals surface area contributed by atoms with Crippen LogP contribution in [-0.4, -0.2) is 32.1 Å². The molecule has 0 bridgehead atoms. The summed E-state index contributed by atoms with van der Waals surface area (Å²) in [5.74, 6) is 0. The van der Waals surface area contributed by atoms with Gasteiger partial charge in [0.1, 0.15) is 0 Å². The fraction of sp³-hybridized carbons (Fsp3) is 0.417. The summed E-state index contributed by atoms with van der Waals surface area (Å²) in [6, 6.07) is 6.06. The van der Waals surface area contributed by atoms with E-state index in [0.717, 1.165) is 11.3 Å². The normalized spacial score (nSPS) is 9.93. The number of carbonyl (C=O) groups excluding carboxylic acids is 1. The van der Waals surface area contributed by atoms with E-state index < -0.39 is 0 Å². The Balaban J connectivity index is 3.01. The molecule has 82 valence electrons. The van der Waals surface area contributed by atoms with Crippen molar-refractivity contribution in [1.82, 2.24) is 4.90 Å². The monoisotopic (exact) mass is 206 g/mol. The van der Waals surface area contributed by atoms with Crippen LogP contribution in [0.15, 0.2) is 18.2 Å². The fourth-order valence-electron chi connectivity index (χ4n) is 1.58. The summed E-state index contributed by atoms with van der Waals surface area (Å²) >= 11 is 0. The van der Waals surface area contributed by atoms with Crippen LogP contribution >= 0.6 is 0 Å². The van der Waals surface area contributed by atoms with E-state index in [1.165, 1.54) is 5.56 Å². The van der Waals surface area contributed by atoms with Gasteiger partial charge in [0.15, 0.2) is 0 Å². The molecule has 0 aliphatic rings. The summed E-state index contributed by atoms with van der Waals surface area (Å²) in [6.45, 7) is 4.06. The molecule has 1 rings (SSSR count). The largest absolute Gasteiger partial charge is 0.330 e. The molecule has 0 aliphatic heterocycles. The summed E-state index contributed by atoms with van der Waals surface area (Å²) in [7, 11) is 5.30. The Morgan fingerprint density at radius 3 is 2.20 bits per heavy atom. The zero-order chi connectivity index (χ0) is 11.6. The third-order valence-corrected chi connectivity index (χ3v) is 2.38. The number of anilines is 1. The summed E-state index contributed by atoms with van der Waals surface area (Å²) in [4.78, 5) is 15.0.